The van der Waals surface area contributed by atoms with E-state index >= 15 is 0 Å². The van der Waals surface area contributed by atoms with Gasteiger partial charge in [0, 0.05) is 42.6 Å². The SMILES string of the molecule is CC(C)C1=NN=C(/C=C\C(=N)c2sc(C3CCN(S(C)(=O)=O)CC3)nc2-c2ccc(F)cc2F)[NH2+]1. The molecule has 0 bridgehead atoms. The first-order valence-corrected chi connectivity index (χ1v) is 13.9. The summed E-state index contributed by atoms with van der Waals surface area (Å²) in [5, 5.41) is 19.5. The van der Waals surface area contributed by atoms with E-state index in [0.29, 0.717) is 41.7 Å². The summed E-state index contributed by atoms with van der Waals surface area (Å²) in [5.74, 6) is 0.240. The number of amidine groups is 2. The fraction of sp³-hybridized carbons (Fsp3) is 0.391. The molecule has 1 fully saturated rings. The third-order valence-electron chi connectivity index (χ3n) is 5.94. The molecule has 4 rings (SSSR count). The van der Waals surface area contributed by atoms with Crippen LogP contribution in [0.25, 0.3) is 11.3 Å². The smallest absolute Gasteiger partial charge is 0.250 e. The number of halogens is 2. The minimum absolute atomic E-state index is 0.0136. The van der Waals surface area contributed by atoms with Crippen LogP contribution in [-0.4, -0.2) is 54.4 Å². The van der Waals surface area contributed by atoms with Gasteiger partial charge in [0.2, 0.25) is 21.7 Å². The molecule has 2 aliphatic heterocycles. The zero-order valence-corrected chi connectivity index (χ0v) is 21.3. The normalized spacial score (nSPS) is 17.9. The first kappa shape index (κ1) is 25.4. The van der Waals surface area contributed by atoms with E-state index in [1.165, 1.54) is 28.0 Å². The Hall–Kier alpha value is -2.67. The van der Waals surface area contributed by atoms with Gasteiger partial charge in [-0.3, -0.25) is 5.41 Å². The van der Waals surface area contributed by atoms with Crippen LogP contribution in [0.5, 0.6) is 0 Å². The third kappa shape index (κ3) is 5.77. The second kappa shape index (κ2) is 10.1. The quantitative estimate of drug-likeness (QED) is 0.546. The Bertz CT molecular complexity index is 1340. The fourth-order valence-corrected chi connectivity index (χ4v) is 5.98. The highest BCUT2D eigenvalue weighted by Gasteiger charge is 2.29. The van der Waals surface area contributed by atoms with Crippen molar-refractivity contribution in [3.63, 3.8) is 0 Å². The van der Waals surface area contributed by atoms with E-state index in [-0.39, 0.29) is 28.8 Å². The summed E-state index contributed by atoms with van der Waals surface area (Å²) in [7, 11) is -3.26. The molecule has 0 aliphatic carbocycles. The van der Waals surface area contributed by atoms with E-state index in [1.807, 2.05) is 19.2 Å². The first-order chi connectivity index (χ1) is 16.5. The van der Waals surface area contributed by atoms with Crippen molar-refractivity contribution in [1.29, 1.82) is 5.41 Å². The molecule has 1 saturated heterocycles. The summed E-state index contributed by atoms with van der Waals surface area (Å²) in [6.07, 6.45) is 5.60. The first-order valence-electron chi connectivity index (χ1n) is 11.2. The number of nitrogens with one attached hydrogen (secondary N) is 1. The van der Waals surface area contributed by atoms with Gasteiger partial charge in [0.25, 0.3) is 0 Å². The molecule has 3 heterocycles. The van der Waals surface area contributed by atoms with E-state index < -0.39 is 21.7 Å². The number of hydrogen-bond donors (Lipinski definition) is 2. The average Bonchev–Trinajstić information content (AvgIpc) is 3.45. The summed E-state index contributed by atoms with van der Waals surface area (Å²) in [6.45, 7) is 4.79. The Balaban J connectivity index is 1.62. The Morgan fingerprint density at radius 1 is 1.26 bits per heavy atom. The molecule has 186 valence electrons. The van der Waals surface area contributed by atoms with E-state index in [1.54, 1.807) is 12.2 Å². The van der Waals surface area contributed by atoms with E-state index in [2.05, 4.69) is 15.2 Å². The Kier molecular flexibility index (Phi) is 7.36. The number of nitrogens with two attached hydrogens (primary N) is 1. The van der Waals surface area contributed by atoms with Crippen molar-refractivity contribution in [2.24, 2.45) is 16.1 Å². The van der Waals surface area contributed by atoms with Gasteiger partial charge in [-0.2, -0.15) is 0 Å². The van der Waals surface area contributed by atoms with Crippen LogP contribution in [0.1, 0.15) is 42.5 Å². The van der Waals surface area contributed by atoms with Gasteiger partial charge in [-0.05, 0) is 31.1 Å². The molecule has 12 heteroatoms. The predicted octanol–water partition coefficient (Wildman–Crippen LogP) is 3.10. The summed E-state index contributed by atoms with van der Waals surface area (Å²) >= 11 is 1.28. The van der Waals surface area contributed by atoms with Crippen molar-refractivity contribution < 1.29 is 22.5 Å². The minimum atomic E-state index is -3.26. The largest absolute Gasteiger partial charge is 0.299 e. The lowest BCUT2D eigenvalue weighted by atomic mass is 9.99. The molecular weight excluding hydrogens is 494 g/mol. The molecular formula is C23H27F2N6O2S2+. The van der Waals surface area contributed by atoms with Gasteiger partial charge in [0.15, 0.2) is 0 Å². The number of allylic oxidation sites excluding steroid dienone is 1. The lowest BCUT2D eigenvalue weighted by molar-refractivity contribution is -0.406. The zero-order valence-electron chi connectivity index (χ0n) is 19.6. The molecule has 1 aromatic carbocycles. The van der Waals surface area contributed by atoms with Crippen LogP contribution in [0.4, 0.5) is 8.78 Å². The van der Waals surface area contributed by atoms with Crippen LogP contribution in [0.2, 0.25) is 0 Å². The Morgan fingerprint density at radius 2 is 1.97 bits per heavy atom. The molecule has 2 aliphatic rings. The molecule has 8 nitrogen and oxygen atoms in total. The van der Waals surface area contributed by atoms with E-state index in [9.17, 15) is 17.2 Å². The number of thiazole rings is 1. The molecule has 35 heavy (non-hydrogen) atoms. The van der Waals surface area contributed by atoms with Gasteiger partial charge in [0.1, 0.15) is 11.6 Å². The molecule has 3 N–H and O–H groups in total. The van der Waals surface area contributed by atoms with Gasteiger partial charge in [0.05, 0.1) is 27.5 Å². The molecule has 0 amide bonds. The molecule has 0 unspecified atom stereocenters. The van der Waals surface area contributed by atoms with E-state index in [0.717, 1.165) is 18.0 Å². The van der Waals surface area contributed by atoms with Gasteiger partial charge >= 0.3 is 0 Å². The van der Waals surface area contributed by atoms with Crippen LogP contribution in [0.3, 0.4) is 0 Å². The lowest BCUT2D eigenvalue weighted by Gasteiger charge is -2.29. The summed E-state index contributed by atoms with van der Waals surface area (Å²) in [6, 6.07) is 3.29. The monoisotopic (exact) mass is 521 g/mol. The summed E-state index contributed by atoms with van der Waals surface area (Å²) in [4.78, 5) is 5.13. The number of quaternary nitrogens is 1. The maximum Gasteiger partial charge on any atom is 0.250 e. The van der Waals surface area contributed by atoms with Crippen molar-refractivity contribution in [1.82, 2.24) is 9.29 Å². The van der Waals surface area contributed by atoms with E-state index in [4.69, 9.17) is 5.41 Å². The number of piperidine rings is 1. The maximum atomic E-state index is 14.7. The molecule has 0 saturated carbocycles. The van der Waals surface area contributed by atoms with Gasteiger partial charge in [-0.25, -0.2) is 31.8 Å². The number of aromatic nitrogens is 1. The summed E-state index contributed by atoms with van der Waals surface area (Å²) in [5.41, 5.74) is 0.514. The van der Waals surface area contributed by atoms with Gasteiger partial charge < -0.3 is 0 Å². The highest BCUT2D eigenvalue weighted by Crippen LogP contribution is 2.38. The lowest BCUT2D eigenvalue weighted by Crippen LogP contribution is -2.90. The number of hydrogen-bond acceptors (Lipinski definition) is 7. The molecule has 0 radical (unpaired) electrons. The van der Waals surface area contributed by atoms with Crippen molar-refractivity contribution in [3.8, 4) is 11.3 Å². The number of sulfonamides is 1. The van der Waals surface area contributed by atoms with Gasteiger partial charge in [-0.1, -0.05) is 24.1 Å². The molecule has 0 atom stereocenters. The highest BCUT2D eigenvalue weighted by atomic mass is 32.2. The average molecular weight is 522 g/mol. The van der Waals surface area contributed by atoms with Crippen molar-refractivity contribution in [2.45, 2.75) is 32.6 Å². The Morgan fingerprint density at radius 3 is 2.57 bits per heavy atom. The van der Waals surface area contributed by atoms with Crippen LogP contribution in [0.15, 0.2) is 40.6 Å². The second-order valence-corrected chi connectivity index (χ2v) is 11.9. The maximum absolute atomic E-state index is 14.7. The van der Waals surface area contributed by atoms with Crippen LogP contribution in [-0.2, 0) is 10.0 Å². The van der Waals surface area contributed by atoms with Crippen LogP contribution >= 0.6 is 11.3 Å². The number of rotatable bonds is 7. The molecule has 1 aromatic heterocycles. The molecule has 0 spiro atoms. The highest BCUT2D eigenvalue weighted by molar-refractivity contribution is 7.88. The summed E-state index contributed by atoms with van der Waals surface area (Å²) < 4.78 is 53.4. The number of nitrogens with zero attached hydrogens (tertiary/aromatic N) is 4. The topological polar surface area (TPSA) is 115 Å². The van der Waals surface area contributed by atoms with Crippen molar-refractivity contribution in [3.05, 3.63) is 51.9 Å². The van der Waals surface area contributed by atoms with Crippen molar-refractivity contribution in [2.75, 3.05) is 19.3 Å². The zero-order chi connectivity index (χ0) is 25.3. The van der Waals surface area contributed by atoms with Crippen molar-refractivity contribution >= 4 is 38.7 Å². The standard InChI is InChI=1S/C23H26F2N6O2S2/c1-13(2)22-27-19(29-30-22)7-6-18(26)21-20(16-5-4-15(24)12-17(16)25)28-23(34-21)14-8-10-31(11-9-14)35(3,32)33/h4-7,12-14,26H,8-11H2,1-3H3,(H,27,29,30)/p+1/b7-6-,26-18?. The predicted molar refractivity (Wildman–Crippen MR) is 133 cm³/mol. The Labute approximate surface area is 207 Å². The van der Waals surface area contributed by atoms with Crippen LogP contribution < -0.4 is 5.32 Å². The fourth-order valence-electron chi connectivity index (χ4n) is 3.93. The third-order valence-corrected chi connectivity index (χ3v) is 8.49. The minimum Gasteiger partial charge on any atom is -0.299 e. The van der Waals surface area contributed by atoms with Gasteiger partial charge in [-0.15, -0.1) is 11.3 Å². The second-order valence-electron chi connectivity index (χ2n) is 8.89. The molecule has 2 aromatic rings. The van der Waals surface area contributed by atoms with Crippen LogP contribution in [0, 0.1) is 23.0 Å². The number of benzene rings is 1.